The number of pyridine rings is 1. The third-order valence-electron chi connectivity index (χ3n) is 4.82. The van der Waals surface area contributed by atoms with Crippen LogP contribution in [0.2, 0.25) is 0 Å². The highest BCUT2D eigenvalue weighted by Gasteiger charge is 2.36. The average molecular weight is 327 g/mol. The maximum atomic E-state index is 4.89. The molecule has 5 rings (SSSR count). The largest absolute Gasteiger partial charge is 0.247 e. The molecule has 3 heterocycles. The Morgan fingerprint density at radius 3 is 2.68 bits per heavy atom. The van der Waals surface area contributed by atoms with Gasteiger partial charge in [-0.15, -0.1) is 0 Å². The van der Waals surface area contributed by atoms with E-state index in [0.717, 1.165) is 34.6 Å². The molecule has 0 N–H and O–H groups in total. The van der Waals surface area contributed by atoms with Gasteiger partial charge in [-0.1, -0.05) is 32.0 Å². The number of benzene rings is 1. The Labute approximate surface area is 145 Å². The highest BCUT2D eigenvalue weighted by Crippen LogP contribution is 2.42. The third-order valence-corrected chi connectivity index (χ3v) is 4.82. The molecule has 0 fully saturated rings. The molecule has 4 aromatic rings. The van der Waals surface area contributed by atoms with Crippen LogP contribution in [-0.2, 0) is 11.8 Å². The van der Waals surface area contributed by atoms with Crippen LogP contribution in [0.5, 0.6) is 0 Å². The number of nitrogens with zero attached hydrogens (tertiary/aromatic N) is 5. The van der Waals surface area contributed by atoms with Gasteiger partial charge in [-0.05, 0) is 24.3 Å². The summed E-state index contributed by atoms with van der Waals surface area (Å²) in [5, 5.41) is 4.64. The molecule has 0 saturated carbocycles. The molecule has 0 amide bonds. The van der Waals surface area contributed by atoms with E-state index in [-0.39, 0.29) is 5.41 Å². The predicted octanol–water partition coefficient (Wildman–Crippen LogP) is 3.71. The summed E-state index contributed by atoms with van der Waals surface area (Å²) in [6.45, 7) is 4.43. The summed E-state index contributed by atoms with van der Waals surface area (Å²) in [6, 6.07) is 14.1. The first-order valence-corrected chi connectivity index (χ1v) is 8.39. The summed E-state index contributed by atoms with van der Waals surface area (Å²) in [4.78, 5) is 14.1. The van der Waals surface area contributed by atoms with E-state index in [1.165, 1.54) is 5.69 Å². The Kier molecular flexibility index (Phi) is 2.83. The van der Waals surface area contributed by atoms with Crippen LogP contribution in [0.1, 0.15) is 25.2 Å². The summed E-state index contributed by atoms with van der Waals surface area (Å²) >= 11 is 0. The molecule has 1 aliphatic rings. The lowest BCUT2D eigenvalue weighted by molar-refractivity contribution is 0.486. The minimum Gasteiger partial charge on any atom is -0.247 e. The van der Waals surface area contributed by atoms with Crippen LogP contribution in [0.3, 0.4) is 0 Å². The Balaban J connectivity index is 1.80. The predicted molar refractivity (Wildman–Crippen MR) is 96.6 cm³/mol. The van der Waals surface area contributed by atoms with Gasteiger partial charge in [0.05, 0.1) is 29.0 Å². The van der Waals surface area contributed by atoms with Gasteiger partial charge < -0.3 is 0 Å². The fraction of sp³-hybridized carbons (Fsp3) is 0.200. The molecule has 3 aromatic heterocycles. The minimum absolute atomic E-state index is 0.119. The highest BCUT2D eigenvalue weighted by molar-refractivity contribution is 5.78. The lowest BCUT2D eigenvalue weighted by Crippen LogP contribution is -2.29. The SMILES string of the molecule is CC1(C)Cc2c(cnn2-c2ccccc2)-c2nc3ncccc3nc21. The molecule has 0 saturated heterocycles. The highest BCUT2D eigenvalue weighted by atomic mass is 15.3. The van der Waals surface area contributed by atoms with Crippen molar-refractivity contribution in [2.45, 2.75) is 25.7 Å². The topological polar surface area (TPSA) is 56.5 Å². The van der Waals surface area contributed by atoms with Gasteiger partial charge in [0.2, 0.25) is 0 Å². The maximum absolute atomic E-state index is 4.89. The van der Waals surface area contributed by atoms with Crippen LogP contribution in [0.4, 0.5) is 0 Å². The van der Waals surface area contributed by atoms with E-state index >= 15 is 0 Å². The first kappa shape index (κ1) is 14.3. The van der Waals surface area contributed by atoms with Crippen molar-refractivity contribution in [3.05, 3.63) is 66.2 Å². The Morgan fingerprint density at radius 1 is 1.00 bits per heavy atom. The Hall–Kier alpha value is -3.08. The summed E-state index contributed by atoms with van der Waals surface area (Å²) in [5.74, 6) is 0. The number of aromatic nitrogens is 5. The van der Waals surface area contributed by atoms with E-state index in [1.54, 1.807) is 6.20 Å². The number of fused-ring (bicyclic) bond motifs is 4. The van der Waals surface area contributed by atoms with Crippen molar-refractivity contribution in [3.63, 3.8) is 0 Å². The van der Waals surface area contributed by atoms with Crippen LogP contribution >= 0.6 is 0 Å². The van der Waals surface area contributed by atoms with Crippen molar-refractivity contribution < 1.29 is 0 Å². The minimum atomic E-state index is -0.119. The molecule has 0 atom stereocenters. The first-order valence-electron chi connectivity index (χ1n) is 8.39. The number of rotatable bonds is 1. The van der Waals surface area contributed by atoms with Crippen molar-refractivity contribution in [3.8, 4) is 16.9 Å². The second kappa shape index (κ2) is 4.96. The molecular formula is C20H17N5. The van der Waals surface area contributed by atoms with Gasteiger partial charge in [0.15, 0.2) is 5.65 Å². The fourth-order valence-electron chi connectivity index (χ4n) is 3.59. The average Bonchev–Trinajstić information content (AvgIpc) is 3.04. The second-order valence-corrected chi connectivity index (χ2v) is 7.08. The third kappa shape index (κ3) is 2.09. The molecule has 0 spiro atoms. The standard InChI is InChI=1S/C20H17N5/c1-20(2)11-16-14(12-22-25(16)13-7-4-3-5-8-13)17-18(20)23-15-9-6-10-21-19(15)24-17/h3-10,12H,11H2,1-2H3. The molecular weight excluding hydrogens is 310 g/mol. The molecule has 0 bridgehead atoms. The monoisotopic (exact) mass is 327 g/mol. The molecule has 0 unspecified atom stereocenters. The van der Waals surface area contributed by atoms with Crippen molar-refractivity contribution >= 4 is 11.2 Å². The van der Waals surface area contributed by atoms with Gasteiger partial charge in [0, 0.05) is 23.6 Å². The molecule has 0 aliphatic heterocycles. The number of para-hydroxylation sites is 1. The second-order valence-electron chi connectivity index (χ2n) is 7.08. The molecule has 5 nitrogen and oxygen atoms in total. The zero-order valence-electron chi connectivity index (χ0n) is 14.1. The lowest BCUT2D eigenvalue weighted by Gasteiger charge is -2.31. The molecule has 122 valence electrons. The number of hydrogen-bond donors (Lipinski definition) is 0. The van der Waals surface area contributed by atoms with Crippen molar-refractivity contribution in [2.24, 2.45) is 0 Å². The first-order chi connectivity index (χ1) is 12.1. The molecule has 0 radical (unpaired) electrons. The van der Waals surface area contributed by atoms with Gasteiger partial charge in [0.25, 0.3) is 0 Å². The fourth-order valence-corrected chi connectivity index (χ4v) is 3.59. The Bertz CT molecular complexity index is 1100. The van der Waals surface area contributed by atoms with Crippen molar-refractivity contribution in [1.29, 1.82) is 0 Å². The van der Waals surface area contributed by atoms with Gasteiger partial charge in [-0.2, -0.15) is 5.10 Å². The summed E-state index contributed by atoms with van der Waals surface area (Å²) in [7, 11) is 0. The molecule has 1 aliphatic carbocycles. The van der Waals surface area contributed by atoms with Crippen LogP contribution in [0, 0.1) is 0 Å². The zero-order chi connectivity index (χ0) is 17.0. The van der Waals surface area contributed by atoms with E-state index in [9.17, 15) is 0 Å². The zero-order valence-corrected chi connectivity index (χ0v) is 14.1. The van der Waals surface area contributed by atoms with E-state index in [1.807, 2.05) is 41.2 Å². The summed E-state index contributed by atoms with van der Waals surface area (Å²) < 4.78 is 2.02. The summed E-state index contributed by atoms with van der Waals surface area (Å²) in [5.41, 5.74) is 6.62. The molecule has 1 aromatic carbocycles. The van der Waals surface area contributed by atoms with Gasteiger partial charge in [0.1, 0.15) is 5.52 Å². The van der Waals surface area contributed by atoms with Crippen molar-refractivity contribution in [1.82, 2.24) is 24.7 Å². The smallest absolute Gasteiger partial charge is 0.178 e. The van der Waals surface area contributed by atoms with Crippen LogP contribution in [-0.4, -0.2) is 24.7 Å². The lowest BCUT2D eigenvalue weighted by atomic mass is 9.77. The Morgan fingerprint density at radius 2 is 1.84 bits per heavy atom. The van der Waals surface area contributed by atoms with E-state index in [2.05, 4.69) is 36.1 Å². The van der Waals surface area contributed by atoms with E-state index in [0.29, 0.717) is 5.65 Å². The van der Waals surface area contributed by atoms with E-state index in [4.69, 9.17) is 9.97 Å². The van der Waals surface area contributed by atoms with Crippen LogP contribution in [0.15, 0.2) is 54.9 Å². The van der Waals surface area contributed by atoms with E-state index < -0.39 is 0 Å². The molecule has 5 heteroatoms. The summed E-state index contributed by atoms with van der Waals surface area (Å²) in [6.07, 6.45) is 4.52. The van der Waals surface area contributed by atoms with Crippen LogP contribution < -0.4 is 0 Å². The quantitative estimate of drug-likeness (QED) is 0.535. The van der Waals surface area contributed by atoms with Gasteiger partial charge in [-0.3, -0.25) is 0 Å². The molecule has 25 heavy (non-hydrogen) atoms. The number of hydrogen-bond acceptors (Lipinski definition) is 4. The van der Waals surface area contributed by atoms with Gasteiger partial charge >= 0.3 is 0 Å². The van der Waals surface area contributed by atoms with Crippen molar-refractivity contribution in [2.75, 3.05) is 0 Å². The van der Waals surface area contributed by atoms with Gasteiger partial charge in [-0.25, -0.2) is 19.6 Å². The van der Waals surface area contributed by atoms with Crippen LogP contribution in [0.25, 0.3) is 28.1 Å². The normalized spacial score (nSPS) is 15.0. The maximum Gasteiger partial charge on any atom is 0.178 e.